The van der Waals surface area contributed by atoms with Gasteiger partial charge in [-0.25, -0.2) is 0 Å². The Bertz CT molecular complexity index is 321. The first-order valence-corrected chi connectivity index (χ1v) is 6.19. The molecule has 17 heavy (non-hydrogen) atoms. The Morgan fingerprint density at radius 1 is 1.41 bits per heavy atom. The molecule has 0 atom stereocenters. The van der Waals surface area contributed by atoms with Gasteiger partial charge in [-0.05, 0) is 18.4 Å². The van der Waals surface area contributed by atoms with Crippen molar-refractivity contribution in [1.82, 2.24) is 9.62 Å². The van der Waals surface area contributed by atoms with E-state index in [2.05, 4.69) is 9.71 Å². The van der Waals surface area contributed by atoms with E-state index in [1.165, 1.54) is 11.9 Å². The summed E-state index contributed by atoms with van der Waals surface area (Å²) in [5.74, 6) is -0.826. The molecule has 0 fully saturated rings. The van der Waals surface area contributed by atoms with Crippen LogP contribution >= 0.6 is 11.9 Å². The maximum Gasteiger partial charge on any atom is 0.323 e. The van der Waals surface area contributed by atoms with Gasteiger partial charge in [0.25, 0.3) is 0 Å². The van der Waals surface area contributed by atoms with Crippen LogP contribution < -0.4 is 4.72 Å². The third-order valence-electron chi connectivity index (χ3n) is 2.05. The summed E-state index contributed by atoms with van der Waals surface area (Å²) >= 11 is 1.22. The van der Waals surface area contributed by atoms with Crippen molar-refractivity contribution in [2.45, 2.75) is 12.8 Å². The Kier molecular flexibility index (Phi) is 5.61. The lowest BCUT2D eigenvalue weighted by Crippen LogP contribution is -2.44. The van der Waals surface area contributed by atoms with E-state index in [-0.39, 0.29) is 13.0 Å². The van der Waals surface area contributed by atoms with Crippen LogP contribution in [0, 0.1) is 0 Å². The van der Waals surface area contributed by atoms with E-state index >= 15 is 0 Å². The molecular weight excluding hydrogens is 246 g/mol. The van der Waals surface area contributed by atoms with Gasteiger partial charge in [0.2, 0.25) is 5.96 Å². The lowest BCUT2D eigenvalue weighted by atomic mass is 10.3. The van der Waals surface area contributed by atoms with E-state index in [0.29, 0.717) is 24.8 Å². The first kappa shape index (κ1) is 13.6. The zero-order chi connectivity index (χ0) is 12.7. The van der Waals surface area contributed by atoms with Crippen LogP contribution in [-0.2, 0) is 9.59 Å². The minimum atomic E-state index is -0.906. The number of nitrogens with zero attached hydrogens (tertiary/aromatic N) is 2. The minimum Gasteiger partial charge on any atom is -0.481 e. The standard InChI is InChI=1S/C9H15N3O4S/c13-7(14)2-5-17-11-9-10-3-1-4-12(9)6-8(15)16/h1-6H2,(H,10,11)(H,13,14)(H,15,16). The van der Waals surface area contributed by atoms with E-state index in [1.807, 2.05) is 0 Å². The minimum absolute atomic E-state index is 0.0594. The van der Waals surface area contributed by atoms with Gasteiger partial charge in [0.1, 0.15) is 6.54 Å². The Morgan fingerprint density at radius 2 is 2.18 bits per heavy atom. The highest BCUT2D eigenvalue weighted by atomic mass is 32.2. The number of aliphatic imine (C=N–C) groups is 1. The van der Waals surface area contributed by atoms with E-state index < -0.39 is 11.9 Å². The van der Waals surface area contributed by atoms with Gasteiger partial charge >= 0.3 is 11.9 Å². The van der Waals surface area contributed by atoms with Crippen molar-refractivity contribution < 1.29 is 19.8 Å². The molecule has 96 valence electrons. The maximum absolute atomic E-state index is 10.6. The highest BCUT2D eigenvalue weighted by molar-refractivity contribution is 7.97. The Hall–Kier alpha value is -1.44. The number of carboxylic acids is 2. The van der Waals surface area contributed by atoms with E-state index in [1.54, 1.807) is 4.90 Å². The van der Waals surface area contributed by atoms with Gasteiger partial charge in [0.15, 0.2) is 0 Å². The summed E-state index contributed by atoms with van der Waals surface area (Å²) in [5.41, 5.74) is 0. The van der Waals surface area contributed by atoms with E-state index in [4.69, 9.17) is 10.2 Å². The quantitative estimate of drug-likeness (QED) is 0.451. The second-order valence-electron chi connectivity index (χ2n) is 3.47. The molecule has 0 aliphatic carbocycles. The molecule has 7 nitrogen and oxygen atoms in total. The number of hydrogen-bond donors (Lipinski definition) is 3. The van der Waals surface area contributed by atoms with E-state index in [9.17, 15) is 9.59 Å². The molecule has 8 heteroatoms. The fourth-order valence-electron chi connectivity index (χ4n) is 1.32. The monoisotopic (exact) mass is 261 g/mol. The first-order valence-electron chi connectivity index (χ1n) is 5.20. The summed E-state index contributed by atoms with van der Waals surface area (Å²) < 4.78 is 2.90. The Balaban J connectivity index is 2.35. The summed E-state index contributed by atoms with van der Waals surface area (Å²) in [7, 11) is 0. The highest BCUT2D eigenvalue weighted by Crippen LogP contribution is 2.05. The van der Waals surface area contributed by atoms with Crippen LogP contribution in [0.15, 0.2) is 4.99 Å². The van der Waals surface area contributed by atoms with Crippen LogP contribution in [0.1, 0.15) is 12.8 Å². The molecular formula is C9H15N3O4S. The number of carboxylic acid groups (broad SMARTS) is 2. The molecule has 0 aromatic carbocycles. The zero-order valence-corrected chi connectivity index (χ0v) is 10.1. The van der Waals surface area contributed by atoms with Crippen LogP contribution in [0.3, 0.4) is 0 Å². The number of guanidine groups is 1. The second-order valence-corrected chi connectivity index (χ2v) is 4.37. The Labute approximate surface area is 103 Å². The van der Waals surface area contributed by atoms with Crippen LogP contribution in [0.25, 0.3) is 0 Å². The zero-order valence-electron chi connectivity index (χ0n) is 9.26. The molecule has 1 aliphatic heterocycles. The molecule has 0 unspecified atom stereocenters. The topological polar surface area (TPSA) is 102 Å². The number of hydrogen-bond acceptors (Lipinski definition) is 6. The van der Waals surface area contributed by atoms with Crippen LogP contribution in [0.5, 0.6) is 0 Å². The second kappa shape index (κ2) is 7.00. The molecule has 0 bridgehead atoms. The van der Waals surface area contributed by atoms with Gasteiger partial charge in [-0.2, -0.15) is 0 Å². The van der Waals surface area contributed by atoms with E-state index in [0.717, 1.165) is 6.42 Å². The van der Waals surface area contributed by atoms with Crippen molar-refractivity contribution in [3.05, 3.63) is 0 Å². The van der Waals surface area contributed by atoms with Crippen LogP contribution in [0.4, 0.5) is 0 Å². The molecule has 0 aromatic rings. The van der Waals surface area contributed by atoms with Crippen molar-refractivity contribution in [3.63, 3.8) is 0 Å². The summed E-state index contributed by atoms with van der Waals surface area (Å²) in [6.45, 7) is 1.22. The molecule has 0 amide bonds. The van der Waals surface area contributed by atoms with Gasteiger partial charge in [-0.15, -0.1) is 0 Å². The predicted molar refractivity (Wildman–Crippen MR) is 64.0 cm³/mol. The molecule has 0 radical (unpaired) electrons. The van der Waals surface area contributed by atoms with Gasteiger partial charge in [0.05, 0.1) is 6.42 Å². The van der Waals surface area contributed by atoms with Gasteiger partial charge in [0, 0.05) is 18.8 Å². The van der Waals surface area contributed by atoms with Crippen LogP contribution in [0.2, 0.25) is 0 Å². The lowest BCUT2D eigenvalue weighted by molar-refractivity contribution is -0.138. The predicted octanol–water partition coefficient (Wildman–Crippen LogP) is -0.155. The average molecular weight is 261 g/mol. The smallest absolute Gasteiger partial charge is 0.323 e. The van der Waals surface area contributed by atoms with Gasteiger partial charge in [-0.1, -0.05) is 0 Å². The van der Waals surface area contributed by atoms with Gasteiger partial charge < -0.3 is 19.8 Å². The fraction of sp³-hybridized carbons (Fsp3) is 0.667. The van der Waals surface area contributed by atoms with Crippen molar-refractivity contribution in [2.24, 2.45) is 4.99 Å². The highest BCUT2D eigenvalue weighted by Gasteiger charge is 2.17. The lowest BCUT2D eigenvalue weighted by Gasteiger charge is -2.27. The summed E-state index contributed by atoms with van der Waals surface area (Å²) in [4.78, 5) is 26.7. The summed E-state index contributed by atoms with van der Waals surface area (Å²) in [6.07, 6.45) is 0.891. The Morgan fingerprint density at radius 3 is 2.82 bits per heavy atom. The molecule has 0 spiro atoms. The fourth-order valence-corrected chi connectivity index (χ4v) is 2.02. The number of nitrogens with one attached hydrogen (secondary N) is 1. The van der Waals surface area contributed by atoms with Gasteiger partial charge in [-0.3, -0.25) is 14.6 Å². The molecule has 0 saturated carbocycles. The number of rotatable bonds is 6. The van der Waals surface area contributed by atoms with Crippen molar-refractivity contribution in [1.29, 1.82) is 0 Å². The molecule has 3 N–H and O–H groups in total. The van der Waals surface area contributed by atoms with Crippen molar-refractivity contribution >= 4 is 29.8 Å². The average Bonchev–Trinajstić information content (AvgIpc) is 2.25. The number of aliphatic carboxylic acids is 2. The van der Waals surface area contributed by atoms with Crippen LogP contribution in [-0.4, -0.2) is 58.4 Å². The third kappa shape index (κ3) is 5.43. The summed E-state index contributed by atoms with van der Waals surface area (Å²) in [6, 6.07) is 0. The molecule has 1 rings (SSSR count). The SMILES string of the molecule is O=C(O)CCSNC1=NCCCN1CC(=O)O. The number of carbonyl (C=O) groups is 2. The van der Waals surface area contributed by atoms with Crippen molar-refractivity contribution in [3.8, 4) is 0 Å². The molecule has 0 aromatic heterocycles. The summed E-state index contributed by atoms with van der Waals surface area (Å²) in [5, 5.41) is 17.2. The third-order valence-corrected chi connectivity index (χ3v) is 2.79. The first-order chi connectivity index (χ1) is 8.09. The molecule has 0 saturated heterocycles. The largest absolute Gasteiger partial charge is 0.481 e. The normalized spacial score (nSPS) is 15.3. The molecule has 1 aliphatic rings. The molecule has 1 heterocycles. The maximum atomic E-state index is 10.6. The van der Waals surface area contributed by atoms with Crippen molar-refractivity contribution in [2.75, 3.05) is 25.4 Å².